The number of rotatable bonds is 9. The molecule has 3 amide bonds. The first kappa shape index (κ1) is 26.3. The number of carbonyl (C=O) groups is 3. The molecule has 198 valence electrons. The van der Waals surface area contributed by atoms with Gasteiger partial charge in [0.2, 0.25) is 17.7 Å². The Hall–Kier alpha value is -3.79. The maximum Gasteiger partial charge on any atom is 0.243 e. The number of hydrogen-bond donors (Lipinski definition) is 2. The van der Waals surface area contributed by atoms with Crippen LogP contribution >= 0.6 is 0 Å². The first-order valence-electron chi connectivity index (χ1n) is 12.7. The summed E-state index contributed by atoms with van der Waals surface area (Å²) in [6.07, 6.45) is -0.101. The van der Waals surface area contributed by atoms with Gasteiger partial charge in [0, 0.05) is 50.6 Å². The number of piperazine rings is 2. The average molecular weight is 510 g/mol. The fourth-order valence-electron chi connectivity index (χ4n) is 4.64. The first-order valence-corrected chi connectivity index (χ1v) is 12.7. The van der Waals surface area contributed by atoms with Crippen LogP contribution in [0, 0.1) is 0 Å². The number of benzene rings is 2. The molecule has 37 heavy (non-hydrogen) atoms. The number of nitrogens with one attached hydrogen (secondary N) is 2. The van der Waals surface area contributed by atoms with Crippen LogP contribution in [0.1, 0.15) is 13.3 Å². The largest absolute Gasteiger partial charge is 0.497 e. The van der Waals surface area contributed by atoms with Crippen molar-refractivity contribution in [2.24, 2.45) is 0 Å². The molecular formula is C27H35N5O5. The summed E-state index contributed by atoms with van der Waals surface area (Å²) in [5.74, 6) is 0.782. The number of amides is 3. The number of carbonyl (C=O) groups excluding carboxylic acids is 3. The molecule has 2 aliphatic heterocycles. The van der Waals surface area contributed by atoms with Crippen LogP contribution in [0.2, 0.25) is 0 Å². The van der Waals surface area contributed by atoms with E-state index in [0.717, 1.165) is 37.6 Å². The van der Waals surface area contributed by atoms with E-state index in [2.05, 4.69) is 20.4 Å². The summed E-state index contributed by atoms with van der Waals surface area (Å²) in [6.45, 7) is 6.53. The second-order valence-corrected chi connectivity index (χ2v) is 9.06. The second-order valence-electron chi connectivity index (χ2n) is 9.06. The molecule has 2 aliphatic rings. The van der Waals surface area contributed by atoms with Crippen molar-refractivity contribution >= 4 is 29.1 Å². The molecular weight excluding hydrogens is 474 g/mol. The number of ether oxygens (including phenoxy) is 2. The summed E-state index contributed by atoms with van der Waals surface area (Å²) in [7, 11) is 1.65. The fraction of sp³-hybridized carbons (Fsp3) is 0.444. The van der Waals surface area contributed by atoms with Crippen LogP contribution < -0.4 is 25.0 Å². The van der Waals surface area contributed by atoms with Crippen molar-refractivity contribution in [1.82, 2.24) is 15.1 Å². The van der Waals surface area contributed by atoms with E-state index in [9.17, 15) is 14.4 Å². The molecule has 0 unspecified atom stereocenters. The zero-order valence-electron chi connectivity index (χ0n) is 21.4. The lowest BCUT2D eigenvalue weighted by atomic mass is 10.1. The third-order valence-corrected chi connectivity index (χ3v) is 6.65. The van der Waals surface area contributed by atoms with E-state index in [1.807, 2.05) is 31.2 Å². The number of hydrogen-bond acceptors (Lipinski definition) is 7. The molecule has 2 aromatic rings. The van der Waals surface area contributed by atoms with Gasteiger partial charge in [0.05, 0.1) is 26.7 Å². The van der Waals surface area contributed by atoms with Gasteiger partial charge in [-0.05, 0) is 55.5 Å². The number of anilines is 2. The molecule has 2 fully saturated rings. The average Bonchev–Trinajstić information content (AvgIpc) is 2.91. The molecule has 2 saturated heterocycles. The van der Waals surface area contributed by atoms with Crippen molar-refractivity contribution in [3.05, 3.63) is 48.5 Å². The van der Waals surface area contributed by atoms with Gasteiger partial charge in [-0.25, -0.2) is 0 Å². The van der Waals surface area contributed by atoms with E-state index in [1.54, 1.807) is 36.3 Å². The Morgan fingerprint density at radius 2 is 1.65 bits per heavy atom. The van der Waals surface area contributed by atoms with Gasteiger partial charge in [0.25, 0.3) is 0 Å². The predicted octanol–water partition coefficient (Wildman–Crippen LogP) is 1.57. The highest BCUT2D eigenvalue weighted by molar-refractivity contribution is 5.97. The number of methoxy groups -OCH3 is 1. The molecule has 0 spiro atoms. The Kier molecular flexibility index (Phi) is 8.84. The lowest BCUT2D eigenvalue weighted by molar-refractivity contribution is -0.145. The van der Waals surface area contributed by atoms with Crippen LogP contribution in [0.4, 0.5) is 11.4 Å². The van der Waals surface area contributed by atoms with E-state index in [-0.39, 0.29) is 30.7 Å². The Labute approximate surface area is 217 Å². The van der Waals surface area contributed by atoms with Crippen LogP contribution in [-0.4, -0.2) is 93.1 Å². The Balaban J connectivity index is 1.29. The molecule has 0 radical (unpaired) electrons. The molecule has 1 atom stereocenters. The van der Waals surface area contributed by atoms with Crippen LogP contribution in [0.15, 0.2) is 48.5 Å². The summed E-state index contributed by atoms with van der Waals surface area (Å²) >= 11 is 0. The van der Waals surface area contributed by atoms with E-state index in [0.29, 0.717) is 31.1 Å². The number of nitrogens with zero attached hydrogens (tertiary/aromatic N) is 3. The predicted molar refractivity (Wildman–Crippen MR) is 141 cm³/mol. The fourth-order valence-corrected chi connectivity index (χ4v) is 4.64. The maximum absolute atomic E-state index is 13.2. The lowest BCUT2D eigenvalue weighted by Crippen LogP contribution is -2.60. The van der Waals surface area contributed by atoms with Gasteiger partial charge in [-0.2, -0.15) is 0 Å². The zero-order valence-corrected chi connectivity index (χ0v) is 21.4. The normalized spacial score (nSPS) is 18.2. The standard InChI is InChI=1S/C27H35N5O5/c1-3-37-23-8-4-20(5-9-23)29-25(33)18-24-27(35)28-12-13-32(24)26(34)19-30-14-16-31(17-15-30)21-6-10-22(36-2)11-7-21/h4-11,24H,3,12-19H2,1-2H3,(H,28,35)(H,29,33)/t24-/m1/s1. The SMILES string of the molecule is CCOc1ccc(NC(=O)C[C@@H]2C(=O)NCCN2C(=O)CN2CCN(c3ccc(OC)cc3)CC2)cc1. The molecule has 10 nitrogen and oxygen atoms in total. The summed E-state index contributed by atoms with van der Waals surface area (Å²) < 4.78 is 10.7. The van der Waals surface area contributed by atoms with Crippen LogP contribution in [0.5, 0.6) is 11.5 Å². The molecule has 2 aromatic carbocycles. The first-order chi connectivity index (χ1) is 18.0. The van der Waals surface area contributed by atoms with Gasteiger partial charge in [-0.1, -0.05) is 0 Å². The highest BCUT2D eigenvalue weighted by Crippen LogP contribution is 2.21. The summed E-state index contributed by atoms with van der Waals surface area (Å²) in [6, 6.07) is 14.2. The quantitative estimate of drug-likeness (QED) is 0.529. The minimum absolute atomic E-state index is 0.101. The van der Waals surface area contributed by atoms with Gasteiger partial charge in [0.15, 0.2) is 0 Å². The zero-order chi connectivity index (χ0) is 26.2. The Bertz CT molecular complexity index is 1070. The second kappa shape index (κ2) is 12.4. The highest BCUT2D eigenvalue weighted by Gasteiger charge is 2.35. The van der Waals surface area contributed by atoms with E-state index in [1.165, 1.54) is 0 Å². The van der Waals surface area contributed by atoms with Crippen molar-refractivity contribution in [2.45, 2.75) is 19.4 Å². The molecule has 0 saturated carbocycles. The molecule has 0 bridgehead atoms. The third kappa shape index (κ3) is 6.91. The van der Waals surface area contributed by atoms with Crippen molar-refractivity contribution in [1.29, 1.82) is 0 Å². The van der Waals surface area contributed by atoms with Crippen molar-refractivity contribution in [2.75, 3.05) is 69.7 Å². The molecule has 2 N–H and O–H groups in total. The van der Waals surface area contributed by atoms with Crippen molar-refractivity contribution in [3.8, 4) is 11.5 Å². The molecule has 2 heterocycles. The van der Waals surface area contributed by atoms with Gasteiger partial charge in [-0.3, -0.25) is 19.3 Å². The van der Waals surface area contributed by atoms with Gasteiger partial charge < -0.3 is 29.9 Å². The highest BCUT2D eigenvalue weighted by atomic mass is 16.5. The van der Waals surface area contributed by atoms with Crippen LogP contribution in [0.25, 0.3) is 0 Å². The summed E-state index contributed by atoms with van der Waals surface area (Å²) in [5, 5.41) is 5.60. The Morgan fingerprint density at radius 1 is 0.973 bits per heavy atom. The summed E-state index contributed by atoms with van der Waals surface area (Å²) in [4.78, 5) is 44.5. The molecule has 10 heteroatoms. The van der Waals surface area contributed by atoms with Crippen LogP contribution in [0.3, 0.4) is 0 Å². The van der Waals surface area contributed by atoms with Gasteiger partial charge >= 0.3 is 0 Å². The van der Waals surface area contributed by atoms with Crippen molar-refractivity contribution in [3.63, 3.8) is 0 Å². The van der Waals surface area contributed by atoms with E-state index < -0.39 is 6.04 Å². The van der Waals surface area contributed by atoms with Crippen LogP contribution in [-0.2, 0) is 14.4 Å². The molecule has 0 aromatic heterocycles. The monoisotopic (exact) mass is 509 g/mol. The van der Waals surface area contributed by atoms with E-state index >= 15 is 0 Å². The lowest BCUT2D eigenvalue weighted by Gasteiger charge is -2.39. The van der Waals surface area contributed by atoms with Gasteiger partial charge in [0.1, 0.15) is 17.5 Å². The topological polar surface area (TPSA) is 103 Å². The van der Waals surface area contributed by atoms with E-state index in [4.69, 9.17) is 9.47 Å². The maximum atomic E-state index is 13.2. The van der Waals surface area contributed by atoms with Gasteiger partial charge in [-0.15, -0.1) is 0 Å². The summed E-state index contributed by atoms with van der Waals surface area (Å²) in [5.41, 5.74) is 1.73. The molecule has 0 aliphatic carbocycles. The minimum Gasteiger partial charge on any atom is -0.497 e. The third-order valence-electron chi connectivity index (χ3n) is 6.65. The minimum atomic E-state index is -0.829. The molecule has 4 rings (SSSR count). The smallest absolute Gasteiger partial charge is 0.243 e. The Morgan fingerprint density at radius 3 is 2.30 bits per heavy atom. The van der Waals surface area contributed by atoms with Crippen molar-refractivity contribution < 1.29 is 23.9 Å².